The third kappa shape index (κ3) is 2.66. The van der Waals surface area contributed by atoms with E-state index in [1.54, 1.807) is 12.1 Å². The molecule has 0 spiro atoms. The van der Waals surface area contributed by atoms with Crippen LogP contribution in [0, 0.1) is 3.57 Å². The van der Waals surface area contributed by atoms with E-state index >= 15 is 0 Å². The van der Waals surface area contributed by atoms with Crippen molar-refractivity contribution in [2.45, 2.75) is 31.7 Å². The molecular weight excluding hydrogens is 317 g/mol. The van der Waals surface area contributed by atoms with Crippen LogP contribution >= 0.6 is 22.6 Å². The normalized spacial score (nSPS) is 16.3. The maximum absolute atomic E-state index is 11.8. The zero-order valence-corrected chi connectivity index (χ0v) is 11.0. The highest BCUT2D eigenvalue weighted by Crippen LogP contribution is 2.22. The number of phenols is 1. The Morgan fingerprint density at radius 3 is 2.69 bits per heavy atom. The number of halogens is 1. The molecule has 0 atom stereocenters. The molecule has 0 radical (unpaired) electrons. The zero-order chi connectivity index (χ0) is 11.5. The van der Waals surface area contributed by atoms with E-state index in [2.05, 4.69) is 5.32 Å². The summed E-state index contributed by atoms with van der Waals surface area (Å²) in [6.07, 6.45) is 4.54. The predicted octanol–water partition coefficient (Wildman–Crippen LogP) is 2.67. The second kappa shape index (κ2) is 5.03. The van der Waals surface area contributed by atoms with Crippen LogP contribution in [0.2, 0.25) is 0 Å². The Labute approximate surface area is 108 Å². The topological polar surface area (TPSA) is 49.3 Å². The van der Waals surface area contributed by atoms with E-state index in [1.807, 2.05) is 22.6 Å². The standard InChI is InChI=1S/C12H14INO2/c13-10-6-5-8(7-11(10)15)12(16)14-9-3-1-2-4-9/h5-7,9,15H,1-4H2,(H,14,16). The number of hydrogen-bond acceptors (Lipinski definition) is 2. The molecule has 1 saturated carbocycles. The third-order valence-electron chi connectivity index (χ3n) is 2.90. The first-order valence-corrected chi connectivity index (χ1v) is 6.54. The number of carbonyl (C=O) groups excluding carboxylic acids is 1. The van der Waals surface area contributed by atoms with E-state index < -0.39 is 0 Å². The lowest BCUT2D eigenvalue weighted by atomic mass is 10.1. The second-order valence-electron chi connectivity index (χ2n) is 4.12. The van der Waals surface area contributed by atoms with Crippen molar-refractivity contribution in [3.8, 4) is 5.75 Å². The van der Waals surface area contributed by atoms with Gasteiger partial charge in [0, 0.05) is 11.6 Å². The zero-order valence-electron chi connectivity index (χ0n) is 8.87. The van der Waals surface area contributed by atoms with Crippen LogP contribution in [-0.2, 0) is 0 Å². The van der Waals surface area contributed by atoms with Crippen molar-refractivity contribution in [1.29, 1.82) is 0 Å². The van der Waals surface area contributed by atoms with Crippen molar-refractivity contribution in [3.05, 3.63) is 27.3 Å². The first kappa shape index (κ1) is 11.7. The molecule has 86 valence electrons. The van der Waals surface area contributed by atoms with Crippen molar-refractivity contribution >= 4 is 28.5 Å². The Hall–Kier alpha value is -0.780. The van der Waals surface area contributed by atoms with Gasteiger partial charge in [-0.15, -0.1) is 0 Å². The van der Waals surface area contributed by atoms with Gasteiger partial charge in [-0.05, 0) is 53.6 Å². The summed E-state index contributed by atoms with van der Waals surface area (Å²) in [5.41, 5.74) is 0.532. The Kier molecular flexibility index (Phi) is 3.68. The van der Waals surface area contributed by atoms with E-state index in [0.29, 0.717) is 11.6 Å². The van der Waals surface area contributed by atoms with Gasteiger partial charge in [-0.2, -0.15) is 0 Å². The molecule has 2 N–H and O–H groups in total. The summed E-state index contributed by atoms with van der Waals surface area (Å²) in [6.45, 7) is 0. The highest BCUT2D eigenvalue weighted by molar-refractivity contribution is 14.1. The van der Waals surface area contributed by atoms with Gasteiger partial charge in [0.25, 0.3) is 5.91 Å². The quantitative estimate of drug-likeness (QED) is 0.819. The smallest absolute Gasteiger partial charge is 0.251 e. The van der Waals surface area contributed by atoms with Crippen molar-refractivity contribution < 1.29 is 9.90 Å². The fraction of sp³-hybridized carbons (Fsp3) is 0.417. The van der Waals surface area contributed by atoms with E-state index in [0.717, 1.165) is 16.4 Å². The van der Waals surface area contributed by atoms with E-state index in [9.17, 15) is 9.90 Å². The average molecular weight is 331 g/mol. The first-order chi connectivity index (χ1) is 7.66. The molecule has 2 rings (SSSR count). The van der Waals surface area contributed by atoms with Gasteiger partial charge in [-0.25, -0.2) is 0 Å². The number of phenolic OH excluding ortho intramolecular Hbond substituents is 1. The molecule has 0 saturated heterocycles. The fourth-order valence-corrected chi connectivity index (χ4v) is 2.33. The Bertz CT molecular complexity index is 400. The van der Waals surface area contributed by atoms with Crippen LogP contribution in [-0.4, -0.2) is 17.1 Å². The number of benzene rings is 1. The van der Waals surface area contributed by atoms with E-state index in [-0.39, 0.29) is 11.7 Å². The Morgan fingerprint density at radius 1 is 1.38 bits per heavy atom. The molecule has 1 aliphatic rings. The van der Waals surface area contributed by atoms with Gasteiger partial charge in [0.05, 0.1) is 3.57 Å². The van der Waals surface area contributed by atoms with E-state index in [4.69, 9.17) is 0 Å². The van der Waals surface area contributed by atoms with Crippen LogP contribution in [0.25, 0.3) is 0 Å². The predicted molar refractivity (Wildman–Crippen MR) is 70.5 cm³/mol. The van der Waals surface area contributed by atoms with E-state index in [1.165, 1.54) is 18.9 Å². The Morgan fingerprint density at radius 2 is 2.06 bits per heavy atom. The molecule has 16 heavy (non-hydrogen) atoms. The summed E-state index contributed by atoms with van der Waals surface area (Å²) in [6, 6.07) is 5.33. The molecule has 1 amide bonds. The summed E-state index contributed by atoms with van der Waals surface area (Å²) in [7, 11) is 0. The molecule has 3 nitrogen and oxygen atoms in total. The van der Waals surface area contributed by atoms with Crippen LogP contribution in [0.1, 0.15) is 36.0 Å². The number of amides is 1. The van der Waals surface area contributed by atoms with Crippen molar-refractivity contribution in [2.24, 2.45) is 0 Å². The van der Waals surface area contributed by atoms with Crippen LogP contribution in [0.15, 0.2) is 18.2 Å². The molecular formula is C12H14INO2. The maximum Gasteiger partial charge on any atom is 0.251 e. The van der Waals surface area contributed by atoms with Gasteiger partial charge < -0.3 is 10.4 Å². The van der Waals surface area contributed by atoms with Gasteiger partial charge in [0.1, 0.15) is 5.75 Å². The average Bonchev–Trinajstić information content (AvgIpc) is 2.74. The molecule has 0 heterocycles. The third-order valence-corrected chi connectivity index (χ3v) is 3.81. The van der Waals surface area contributed by atoms with Crippen molar-refractivity contribution in [2.75, 3.05) is 0 Å². The first-order valence-electron chi connectivity index (χ1n) is 5.46. The molecule has 1 aromatic rings. The number of aromatic hydroxyl groups is 1. The largest absolute Gasteiger partial charge is 0.507 e. The molecule has 0 aliphatic heterocycles. The second-order valence-corrected chi connectivity index (χ2v) is 5.28. The lowest BCUT2D eigenvalue weighted by Gasteiger charge is -2.12. The van der Waals surface area contributed by atoms with Crippen molar-refractivity contribution in [3.63, 3.8) is 0 Å². The Balaban J connectivity index is 2.05. The minimum Gasteiger partial charge on any atom is -0.507 e. The van der Waals surface area contributed by atoms with Crippen LogP contribution in [0.5, 0.6) is 5.75 Å². The molecule has 1 aliphatic carbocycles. The van der Waals surface area contributed by atoms with Gasteiger partial charge in [-0.3, -0.25) is 4.79 Å². The summed E-state index contributed by atoms with van der Waals surface area (Å²) in [4.78, 5) is 11.8. The van der Waals surface area contributed by atoms with Gasteiger partial charge in [0.2, 0.25) is 0 Å². The summed E-state index contributed by atoms with van der Waals surface area (Å²) in [5, 5.41) is 12.5. The molecule has 1 aromatic carbocycles. The maximum atomic E-state index is 11.8. The lowest BCUT2D eigenvalue weighted by molar-refractivity contribution is 0.0937. The summed E-state index contributed by atoms with van der Waals surface area (Å²) >= 11 is 2.03. The molecule has 0 unspecified atom stereocenters. The van der Waals surface area contributed by atoms with Crippen LogP contribution in [0.4, 0.5) is 0 Å². The van der Waals surface area contributed by atoms with Gasteiger partial charge >= 0.3 is 0 Å². The van der Waals surface area contributed by atoms with Crippen molar-refractivity contribution in [1.82, 2.24) is 5.32 Å². The van der Waals surface area contributed by atoms with Crippen LogP contribution in [0.3, 0.4) is 0 Å². The SMILES string of the molecule is O=C(NC1CCCC1)c1ccc(I)c(O)c1. The summed E-state index contributed by atoms with van der Waals surface area (Å²) in [5.74, 6) is 0.0817. The monoisotopic (exact) mass is 331 g/mol. The minimum atomic E-state index is -0.0846. The number of nitrogens with one attached hydrogen (secondary N) is 1. The molecule has 1 fully saturated rings. The molecule has 0 bridgehead atoms. The lowest BCUT2D eigenvalue weighted by Crippen LogP contribution is -2.32. The minimum absolute atomic E-state index is 0.0846. The van der Waals surface area contributed by atoms with Crippen LogP contribution < -0.4 is 5.32 Å². The molecule has 0 aromatic heterocycles. The molecule has 4 heteroatoms. The highest BCUT2D eigenvalue weighted by Gasteiger charge is 2.18. The summed E-state index contributed by atoms with van der Waals surface area (Å²) < 4.78 is 0.759. The highest BCUT2D eigenvalue weighted by atomic mass is 127. The van der Waals surface area contributed by atoms with Gasteiger partial charge in [0.15, 0.2) is 0 Å². The number of rotatable bonds is 2. The number of carbonyl (C=O) groups is 1. The fourth-order valence-electron chi connectivity index (χ4n) is 1.99. The number of hydrogen-bond donors (Lipinski definition) is 2. The van der Waals surface area contributed by atoms with Gasteiger partial charge in [-0.1, -0.05) is 12.8 Å².